The third-order valence-electron chi connectivity index (χ3n) is 7.99. The van der Waals surface area contributed by atoms with Crippen LogP contribution in [-0.4, -0.2) is 43.9 Å². The number of carbonyl (C=O) groups is 2. The highest BCUT2D eigenvalue weighted by molar-refractivity contribution is 6.80. The van der Waals surface area contributed by atoms with Crippen molar-refractivity contribution in [2.45, 2.75) is 112 Å². The monoisotopic (exact) mass is 607 g/mol. The van der Waals surface area contributed by atoms with Gasteiger partial charge in [0.1, 0.15) is 11.7 Å². The van der Waals surface area contributed by atoms with Gasteiger partial charge in [-0.15, -0.1) is 0 Å². The van der Waals surface area contributed by atoms with Gasteiger partial charge >= 0.3 is 12.1 Å². The van der Waals surface area contributed by atoms with Gasteiger partial charge in [-0.25, -0.2) is 4.79 Å². The van der Waals surface area contributed by atoms with E-state index < -0.39 is 20.7 Å². The van der Waals surface area contributed by atoms with Gasteiger partial charge in [0.25, 0.3) is 9.04 Å². The number of esters is 1. The summed E-state index contributed by atoms with van der Waals surface area (Å²) in [6, 6.07) is 20.1. The van der Waals surface area contributed by atoms with Gasteiger partial charge in [0.15, 0.2) is 0 Å². The Balaban J connectivity index is 1.90. The number of nitrogens with zero attached hydrogens (tertiary/aromatic N) is 1. The lowest BCUT2D eigenvalue weighted by Crippen LogP contribution is -2.57. The summed E-state index contributed by atoms with van der Waals surface area (Å²) < 4.78 is 18.7. The maximum absolute atomic E-state index is 14.0. The summed E-state index contributed by atoms with van der Waals surface area (Å²) in [7, 11) is -2.32. The summed E-state index contributed by atoms with van der Waals surface area (Å²) >= 11 is 0. The fraction of sp³-hybridized carbons (Fsp3) is 0.556. The Hall–Kier alpha value is -2.90. The number of allylic oxidation sites excluding steroid dienone is 2. The number of amides is 1. The Morgan fingerprint density at radius 1 is 0.977 bits per heavy atom. The molecule has 2 aromatic rings. The van der Waals surface area contributed by atoms with Crippen molar-refractivity contribution in [2.75, 3.05) is 0 Å². The molecule has 3 atom stereocenters. The summed E-state index contributed by atoms with van der Waals surface area (Å²) in [4.78, 5) is 26.4. The van der Waals surface area contributed by atoms with E-state index in [1.54, 1.807) is 5.06 Å². The van der Waals surface area contributed by atoms with Crippen molar-refractivity contribution in [1.82, 2.24) is 5.06 Å². The van der Waals surface area contributed by atoms with Gasteiger partial charge in [-0.05, 0) is 81.0 Å². The van der Waals surface area contributed by atoms with Crippen molar-refractivity contribution in [3.63, 3.8) is 0 Å². The molecule has 0 radical (unpaired) electrons. The molecule has 3 unspecified atom stereocenters. The molecule has 6 nitrogen and oxygen atoms in total. The molecular formula is C36H53NO5Si. The second-order valence-corrected chi connectivity index (χ2v) is 17.0. The minimum Gasteiger partial charge on any atom is -0.462 e. The van der Waals surface area contributed by atoms with Gasteiger partial charge in [0, 0.05) is 0 Å². The van der Waals surface area contributed by atoms with Crippen LogP contribution < -0.4 is 10.4 Å². The van der Waals surface area contributed by atoms with Crippen LogP contribution in [0.2, 0.25) is 0 Å². The van der Waals surface area contributed by atoms with Crippen LogP contribution in [0, 0.1) is 16.7 Å². The van der Waals surface area contributed by atoms with E-state index in [1.165, 1.54) is 0 Å². The lowest BCUT2D eigenvalue weighted by molar-refractivity contribution is -0.144. The van der Waals surface area contributed by atoms with E-state index in [4.69, 9.17) is 14.0 Å². The number of carbonyl (C=O) groups excluding carboxylic acids is 2. The van der Waals surface area contributed by atoms with Crippen LogP contribution in [0.3, 0.4) is 0 Å². The number of hydroxylamine groups is 2. The van der Waals surface area contributed by atoms with Crippen LogP contribution in [0.1, 0.15) is 94.4 Å². The molecule has 1 heterocycles. The van der Waals surface area contributed by atoms with Gasteiger partial charge in [-0.3, -0.25) is 4.79 Å². The second-order valence-electron chi connectivity index (χ2n) is 14.7. The largest absolute Gasteiger partial charge is 0.462 e. The minimum atomic E-state index is -2.32. The lowest BCUT2D eigenvalue weighted by atomic mass is 9.73. The van der Waals surface area contributed by atoms with Crippen molar-refractivity contribution in [2.24, 2.45) is 16.7 Å². The molecule has 1 aliphatic rings. The molecule has 1 saturated heterocycles. The summed E-state index contributed by atoms with van der Waals surface area (Å²) in [5.41, 5.74) is -1.15. The number of hydrogen-bond donors (Lipinski definition) is 0. The SMILES string of the molecule is CC=CCC1CC(CCC(C)(C)CC(N(O[SiH](c2ccccc2)c2ccccc2)C(=O)OC(C)(C)C)C(C)(C)C)OC1=O. The molecular weight excluding hydrogens is 554 g/mol. The molecule has 1 amide bonds. The average molecular weight is 608 g/mol. The average Bonchev–Trinajstić information content (AvgIpc) is 3.29. The maximum Gasteiger partial charge on any atom is 0.433 e. The predicted molar refractivity (Wildman–Crippen MR) is 177 cm³/mol. The van der Waals surface area contributed by atoms with E-state index in [1.807, 2.05) is 76.2 Å². The van der Waals surface area contributed by atoms with Crippen LogP contribution >= 0.6 is 0 Å². The molecule has 1 aliphatic heterocycles. The summed E-state index contributed by atoms with van der Waals surface area (Å²) in [5, 5.41) is 3.74. The first-order valence-corrected chi connectivity index (χ1v) is 17.3. The van der Waals surface area contributed by atoms with E-state index in [9.17, 15) is 9.59 Å². The molecule has 0 aliphatic carbocycles. The molecule has 0 bridgehead atoms. The van der Waals surface area contributed by atoms with Crippen molar-refractivity contribution < 1.29 is 23.6 Å². The normalized spacial score (nSPS) is 18.6. The minimum absolute atomic E-state index is 0.0550. The predicted octanol–water partition coefficient (Wildman–Crippen LogP) is 7.20. The van der Waals surface area contributed by atoms with Crippen LogP contribution in [0.4, 0.5) is 4.79 Å². The highest BCUT2D eigenvalue weighted by atomic mass is 28.3. The first kappa shape index (κ1) is 34.6. The second kappa shape index (κ2) is 14.7. The van der Waals surface area contributed by atoms with Gasteiger partial charge in [0.2, 0.25) is 0 Å². The smallest absolute Gasteiger partial charge is 0.433 e. The Labute approximate surface area is 261 Å². The van der Waals surface area contributed by atoms with E-state index in [0.29, 0.717) is 6.42 Å². The van der Waals surface area contributed by atoms with E-state index in [0.717, 1.165) is 36.1 Å². The highest BCUT2D eigenvalue weighted by Crippen LogP contribution is 2.40. The molecule has 3 rings (SSSR count). The molecule has 7 heteroatoms. The zero-order valence-corrected chi connectivity index (χ0v) is 28.9. The molecule has 43 heavy (non-hydrogen) atoms. The molecule has 236 valence electrons. The molecule has 2 aromatic carbocycles. The van der Waals surface area contributed by atoms with Crippen molar-refractivity contribution in [3.05, 3.63) is 72.8 Å². The maximum atomic E-state index is 14.0. The molecule has 0 spiro atoms. The number of hydrogen-bond acceptors (Lipinski definition) is 5. The Bertz CT molecular complexity index is 1160. The third-order valence-corrected chi connectivity index (χ3v) is 10.4. The van der Waals surface area contributed by atoms with Crippen LogP contribution in [-0.2, 0) is 18.8 Å². The fourth-order valence-electron chi connectivity index (χ4n) is 5.54. The van der Waals surface area contributed by atoms with Gasteiger partial charge in [-0.2, -0.15) is 5.06 Å². The van der Waals surface area contributed by atoms with Gasteiger partial charge < -0.3 is 14.0 Å². The molecule has 0 saturated carbocycles. The first-order valence-electron chi connectivity index (χ1n) is 15.7. The fourth-order valence-corrected chi connectivity index (χ4v) is 7.78. The van der Waals surface area contributed by atoms with Gasteiger partial charge in [0.05, 0.1) is 12.0 Å². The highest BCUT2D eigenvalue weighted by Gasteiger charge is 2.42. The zero-order valence-electron chi connectivity index (χ0n) is 27.8. The number of ether oxygens (including phenoxy) is 2. The molecule has 1 fully saturated rings. The molecule has 0 aromatic heterocycles. The van der Waals surface area contributed by atoms with Crippen LogP contribution in [0.25, 0.3) is 0 Å². The number of rotatable bonds is 12. The van der Waals surface area contributed by atoms with Gasteiger partial charge in [-0.1, -0.05) is 107 Å². The van der Waals surface area contributed by atoms with E-state index >= 15 is 0 Å². The van der Waals surface area contributed by atoms with Crippen molar-refractivity contribution >= 4 is 31.5 Å². The van der Waals surface area contributed by atoms with Crippen LogP contribution in [0.15, 0.2) is 72.8 Å². The first-order chi connectivity index (χ1) is 20.1. The quantitative estimate of drug-likeness (QED) is 0.110. The summed E-state index contributed by atoms with van der Waals surface area (Å²) in [6.07, 6.45) is 7.33. The lowest BCUT2D eigenvalue weighted by Gasteiger charge is -2.44. The zero-order chi connectivity index (χ0) is 31.8. The third kappa shape index (κ3) is 10.6. The Morgan fingerprint density at radius 3 is 2.02 bits per heavy atom. The number of cyclic esters (lactones) is 1. The Kier molecular flexibility index (Phi) is 11.8. The molecule has 0 N–H and O–H groups in total. The van der Waals surface area contributed by atoms with Crippen LogP contribution in [0.5, 0.6) is 0 Å². The topological polar surface area (TPSA) is 65.1 Å². The van der Waals surface area contributed by atoms with E-state index in [2.05, 4.69) is 58.9 Å². The van der Waals surface area contributed by atoms with Crippen molar-refractivity contribution in [3.8, 4) is 0 Å². The Morgan fingerprint density at radius 2 is 1.53 bits per heavy atom. The standard InChI is InChI=1S/C36H53NO5Si/c1-10-11-18-27-25-28(40-32(27)38)23-24-36(8,9)26-31(34(2,3)4)37(33(39)41-35(5,6)7)42-43(29-19-14-12-15-20-29)30-21-16-13-17-22-30/h10-17,19-22,27-28,31,43H,18,23-26H2,1-9H3. The summed E-state index contributed by atoms with van der Waals surface area (Å²) in [5.74, 6) is -0.142. The van der Waals surface area contributed by atoms with Crippen molar-refractivity contribution in [1.29, 1.82) is 0 Å². The summed E-state index contributed by atoms with van der Waals surface area (Å²) in [6.45, 7) is 18.5. The number of benzene rings is 2. The van der Waals surface area contributed by atoms with E-state index in [-0.39, 0.29) is 34.9 Å².